The Balaban J connectivity index is 2.14. The number of piperazine rings is 1. The molecule has 1 aromatic heterocycles. The van der Waals surface area contributed by atoms with Gasteiger partial charge in [0, 0.05) is 31.2 Å². The summed E-state index contributed by atoms with van der Waals surface area (Å²) in [6, 6.07) is 0.544. The maximum Gasteiger partial charge on any atom is 0.141 e. The van der Waals surface area contributed by atoms with Crippen LogP contribution in [0.1, 0.15) is 39.9 Å². The van der Waals surface area contributed by atoms with Crippen molar-refractivity contribution < 1.29 is 0 Å². The topological polar surface area (TPSA) is 46.0 Å². The molecule has 1 N–H and O–H groups in total. The van der Waals surface area contributed by atoms with Gasteiger partial charge in [0.1, 0.15) is 12.2 Å². The SMILES string of the molecule is CCn1ncnc1CN1CC(C)NCC1(C)CC. The van der Waals surface area contributed by atoms with Gasteiger partial charge in [-0.3, -0.25) is 4.90 Å². The lowest BCUT2D eigenvalue weighted by Gasteiger charge is -2.47. The van der Waals surface area contributed by atoms with E-state index >= 15 is 0 Å². The second-order valence-corrected chi connectivity index (χ2v) is 5.50. The van der Waals surface area contributed by atoms with Crippen LogP contribution in [0.25, 0.3) is 0 Å². The van der Waals surface area contributed by atoms with Crippen LogP contribution < -0.4 is 5.32 Å². The van der Waals surface area contributed by atoms with Crippen molar-refractivity contribution in [2.24, 2.45) is 0 Å². The molecule has 5 heteroatoms. The van der Waals surface area contributed by atoms with Gasteiger partial charge in [-0.05, 0) is 27.2 Å². The molecule has 18 heavy (non-hydrogen) atoms. The summed E-state index contributed by atoms with van der Waals surface area (Å²) in [7, 11) is 0. The van der Waals surface area contributed by atoms with E-state index in [1.807, 2.05) is 4.68 Å². The van der Waals surface area contributed by atoms with Crippen molar-refractivity contribution in [2.45, 2.75) is 58.8 Å². The van der Waals surface area contributed by atoms with Gasteiger partial charge in [-0.25, -0.2) is 9.67 Å². The van der Waals surface area contributed by atoms with Crippen LogP contribution in [0.5, 0.6) is 0 Å². The summed E-state index contributed by atoms with van der Waals surface area (Å²) in [5, 5.41) is 7.83. The molecule has 0 radical (unpaired) electrons. The normalized spacial score (nSPS) is 29.7. The Morgan fingerprint density at radius 3 is 2.94 bits per heavy atom. The maximum absolute atomic E-state index is 4.40. The lowest BCUT2D eigenvalue weighted by Crippen LogP contribution is -2.62. The average Bonchev–Trinajstić information content (AvgIpc) is 2.81. The van der Waals surface area contributed by atoms with Crippen molar-refractivity contribution in [1.29, 1.82) is 0 Å². The molecular weight excluding hydrogens is 226 g/mol. The standard InChI is InChI=1S/C13H25N5/c1-5-13(4)9-14-11(3)7-17(13)8-12-15-10-16-18(12)6-2/h10-11,14H,5-9H2,1-4H3. The summed E-state index contributed by atoms with van der Waals surface area (Å²) in [4.78, 5) is 6.94. The van der Waals surface area contributed by atoms with Crippen molar-refractivity contribution in [3.05, 3.63) is 12.2 Å². The minimum atomic E-state index is 0.219. The van der Waals surface area contributed by atoms with E-state index in [1.54, 1.807) is 6.33 Å². The molecule has 5 nitrogen and oxygen atoms in total. The van der Waals surface area contributed by atoms with Gasteiger partial charge in [0.2, 0.25) is 0 Å². The van der Waals surface area contributed by atoms with Crippen LogP contribution >= 0.6 is 0 Å². The third-order valence-electron chi connectivity index (χ3n) is 4.18. The third kappa shape index (κ3) is 2.57. The first-order valence-corrected chi connectivity index (χ1v) is 6.94. The molecule has 1 fully saturated rings. The van der Waals surface area contributed by atoms with E-state index in [-0.39, 0.29) is 5.54 Å². The van der Waals surface area contributed by atoms with Gasteiger partial charge in [-0.2, -0.15) is 5.10 Å². The highest BCUT2D eigenvalue weighted by atomic mass is 15.4. The van der Waals surface area contributed by atoms with Crippen LogP contribution in [0.3, 0.4) is 0 Å². The predicted octanol–water partition coefficient (Wildman–Crippen LogP) is 1.26. The lowest BCUT2D eigenvalue weighted by molar-refractivity contribution is 0.0418. The second kappa shape index (κ2) is 5.36. The summed E-state index contributed by atoms with van der Waals surface area (Å²) >= 11 is 0. The Kier molecular flexibility index (Phi) is 4.02. The summed E-state index contributed by atoms with van der Waals surface area (Å²) in [6.07, 6.45) is 2.81. The molecule has 0 bridgehead atoms. The Hall–Kier alpha value is -0.940. The van der Waals surface area contributed by atoms with Gasteiger partial charge in [0.25, 0.3) is 0 Å². The molecule has 2 atom stereocenters. The van der Waals surface area contributed by atoms with E-state index in [0.717, 1.165) is 38.4 Å². The molecule has 0 amide bonds. The minimum Gasteiger partial charge on any atom is -0.311 e. The molecule has 2 rings (SSSR count). The molecule has 2 unspecified atom stereocenters. The highest BCUT2D eigenvalue weighted by Gasteiger charge is 2.35. The number of nitrogens with one attached hydrogen (secondary N) is 1. The van der Waals surface area contributed by atoms with Gasteiger partial charge in [0.05, 0.1) is 6.54 Å². The third-order valence-corrected chi connectivity index (χ3v) is 4.18. The summed E-state index contributed by atoms with van der Waals surface area (Å²) in [5.41, 5.74) is 0.219. The molecule has 0 aliphatic carbocycles. The maximum atomic E-state index is 4.40. The first kappa shape index (κ1) is 13.5. The molecular formula is C13H25N5. The van der Waals surface area contributed by atoms with Crippen LogP contribution in [0.15, 0.2) is 6.33 Å². The highest BCUT2D eigenvalue weighted by Crippen LogP contribution is 2.24. The highest BCUT2D eigenvalue weighted by molar-refractivity contribution is 4.97. The van der Waals surface area contributed by atoms with Crippen LogP contribution in [0.4, 0.5) is 0 Å². The quantitative estimate of drug-likeness (QED) is 0.875. The number of rotatable bonds is 4. The van der Waals surface area contributed by atoms with E-state index in [0.29, 0.717) is 6.04 Å². The number of nitrogens with zero attached hydrogens (tertiary/aromatic N) is 4. The zero-order valence-corrected chi connectivity index (χ0v) is 12.0. The van der Waals surface area contributed by atoms with E-state index in [4.69, 9.17) is 0 Å². The van der Waals surface area contributed by atoms with Gasteiger partial charge in [0.15, 0.2) is 0 Å². The minimum absolute atomic E-state index is 0.219. The first-order chi connectivity index (χ1) is 8.59. The fraction of sp³-hybridized carbons (Fsp3) is 0.846. The van der Waals surface area contributed by atoms with E-state index in [2.05, 4.69) is 48.0 Å². The second-order valence-electron chi connectivity index (χ2n) is 5.50. The number of hydrogen-bond donors (Lipinski definition) is 1. The molecule has 0 aromatic carbocycles. The molecule has 102 valence electrons. The Morgan fingerprint density at radius 2 is 2.28 bits per heavy atom. The fourth-order valence-electron chi connectivity index (χ4n) is 2.57. The molecule has 0 spiro atoms. The molecule has 2 heterocycles. The molecule has 1 aliphatic rings. The lowest BCUT2D eigenvalue weighted by atomic mass is 9.92. The van der Waals surface area contributed by atoms with Gasteiger partial charge >= 0.3 is 0 Å². The Morgan fingerprint density at radius 1 is 1.50 bits per heavy atom. The van der Waals surface area contributed by atoms with Crippen LogP contribution in [0.2, 0.25) is 0 Å². The van der Waals surface area contributed by atoms with Crippen molar-refractivity contribution in [1.82, 2.24) is 25.0 Å². The Bertz CT molecular complexity index is 388. The Labute approximate surface area is 110 Å². The molecule has 1 aromatic rings. The summed E-state index contributed by atoms with van der Waals surface area (Å²) in [6.45, 7) is 12.8. The van der Waals surface area contributed by atoms with Gasteiger partial charge in [-0.15, -0.1) is 0 Å². The van der Waals surface area contributed by atoms with Crippen LogP contribution in [-0.4, -0.2) is 44.3 Å². The smallest absolute Gasteiger partial charge is 0.141 e. The van der Waals surface area contributed by atoms with Crippen molar-refractivity contribution >= 4 is 0 Å². The zero-order chi connectivity index (χ0) is 13.2. The van der Waals surface area contributed by atoms with Crippen LogP contribution in [-0.2, 0) is 13.1 Å². The number of hydrogen-bond acceptors (Lipinski definition) is 4. The molecule has 0 saturated carbocycles. The monoisotopic (exact) mass is 251 g/mol. The number of aromatic nitrogens is 3. The predicted molar refractivity (Wildman–Crippen MR) is 72.3 cm³/mol. The van der Waals surface area contributed by atoms with E-state index in [1.165, 1.54) is 0 Å². The first-order valence-electron chi connectivity index (χ1n) is 6.94. The molecule has 1 aliphatic heterocycles. The summed E-state index contributed by atoms with van der Waals surface area (Å²) in [5.74, 6) is 1.08. The van der Waals surface area contributed by atoms with Crippen molar-refractivity contribution in [2.75, 3.05) is 13.1 Å². The van der Waals surface area contributed by atoms with Gasteiger partial charge in [-0.1, -0.05) is 6.92 Å². The average molecular weight is 251 g/mol. The van der Waals surface area contributed by atoms with E-state index in [9.17, 15) is 0 Å². The zero-order valence-electron chi connectivity index (χ0n) is 12.0. The van der Waals surface area contributed by atoms with E-state index < -0.39 is 0 Å². The van der Waals surface area contributed by atoms with Crippen molar-refractivity contribution in [3.63, 3.8) is 0 Å². The fourth-order valence-corrected chi connectivity index (χ4v) is 2.57. The number of aryl methyl sites for hydroxylation is 1. The van der Waals surface area contributed by atoms with Crippen LogP contribution in [0, 0.1) is 0 Å². The largest absolute Gasteiger partial charge is 0.311 e. The van der Waals surface area contributed by atoms with Gasteiger partial charge < -0.3 is 5.32 Å². The summed E-state index contributed by atoms with van der Waals surface area (Å²) < 4.78 is 1.99. The van der Waals surface area contributed by atoms with Crippen molar-refractivity contribution in [3.8, 4) is 0 Å². The molecule has 1 saturated heterocycles.